The van der Waals surface area contributed by atoms with E-state index in [1.807, 2.05) is 0 Å². The van der Waals surface area contributed by atoms with E-state index >= 15 is 0 Å². The molecule has 1 atom stereocenters. The molecule has 3 N–H and O–H groups in total. The third kappa shape index (κ3) is 3.40. The number of piperidine rings is 1. The lowest BCUT2D eigenvalue weighted by atomic mass is 10.1. The smallest absolute Gasteiger partial charge is 0.271 e. The third-order valence-corrected chi connectivity index (χ3v) is 4.42. The summed E-state index contributed by atoms with van der Waals surface area (Å²) in [7, 11) is 0. The number of hydrogen-bond acceptors (Lipinski definition) is 7. The molecule has 8 heteroatoms. The Hall–Kier alpha value is -2.06. The van der Waals surface area contributed by atoms with Crippen molar-refractivity contribution in [2.75, 3.05) is 18.0 Å². The Kier molecular flexibility index (Phi) is 4.59. The van der Waals surface area contributed by atoms with Crippen LogP contribution in [0.1, 0.15) is 28.3 Å². The van der Waals surface area contributed by atoms with Crippen molar-refractivity contribution in [3.8, 4) is 0 Å². The Morgan fingerprint density at radius 2 is 2.27 bits per heavy atom. The standard InChI is InChI=1S/C14H18N6OS/c15-7-12-19-11(9-22-12)13(21)18-10-3-1-6-20(8-10)14-16-4-2-5-17-14/h2,4-5,9-10H,1,3,6-8,15H2,(H,18,21). The molecule has 7 nitrogen and oxygen atoms in total. The highest BCUT2D eigenvalue weighted by molar-refractivity contribution is 7.09. The van der Waals surface area contributed by atoms with Gasteiger partial charge in [-0.25, -0.2) is 15.0 Å². The van der Waals surface area contributed by atoms with E-state index in [2.05, 4.69) is 25.2 Å². The van der Waals surface area contributed by atoms with Gasteiger partial charge in [-0.3, -0.25) is 4.79 Å². The van der Waals surface area contributed by atoms with Gasteiger partial charge in [-0.2, -0.15) is 0 Å². The maximum atomic E-state index is 12.2. The highest BCUT2D eigenvalue weighted by Crippen LogP contribution is 2.16. The number of carbonyl (C=O) groups excluding carboxylic acids is 1. The molecule has 0 saturated carbocycles. The molecular weight excluding hydrogens is 300 g/mol. The van der Waals surface area contributed by atoms with Crippen LogP contribution in [0.2, 0.25) is 0 Å². The number of nitrogens with one attached hydrogen (secondary N) is 1. The van der Waals surface area contributed by atoms with Crippen LogP contribution in [0.3, 0.4) is 0 Å². The minimum atomic E-state index is -0.142. The predicted octanol–water partition coefficient (Wildman–Crippen LogP) is 0.791. The van der Waals surface area contributed by atoms with Gasteiger partial charge < -0.3 is 16.0 Å². The van der Waals surface area contributed by atoms with Crippen LogP contribution in [-0.2, 0) is 6.54 Å². The van der Waals surface area contributed by atoms with E-state index in [-0.39, 0.29) is 11.9 Å². The molecule has 1 amide bonds. The van der Waals surface area contributed by atoms with Gasteiger partial charge in [0.05, 0.1) is 0 Å². The molecule has 0 aliphatic carbocycles. The summed E-state index contributed by atoms with van der Waals surface area (Å²) in [5.41, 5.74) is 5.97. The molecule has 0 aromatic carbocycles. The van der Waals surface area contributed by atoms with Gasteiger partial charge in [0.1, 0.15) is 10.7 Å². The van der Waals surface area contributed by atoms with E-state index in [1.54, 1.807) is 23.8 Å². The van der Waals surface area contributed by atoms with Gasteiger partial charge in [0.2, 0.25) is 5.95 Å². The number of anilines is 1. The minimum Gasteiger partial charge on any atom is -0.346 e. The lowest BCUT2D eigenvalue weighted by Crippen LogP contribution is -2.48. The van der Waals surface area contributed by atoms with Crippen molar-refractivity contribution in [1.29, 1.82) is 0 Å². The molecule has 22 heavy (non-hydrogen) atoms. The zero-order chi connectivity index (χ0) is 15.4. The van der Waals surface area contributed by atoms with Crippen molar-refractivity contribution in [3.05, 3.63) is 34.5 Å². The summed E-state index contributed by atoms with van der Waals surface area (Å²) in [6.45, 7) is 1.98. The van der Waals surface area contributed by atoms with E-state index in [0.29, 0.717) is 24.7 Å². The number of aromatic nitrogens is 3. The lowest BCUT2D eigenvalue weighted by Gasteiger charge is -2.32. The van der Waals surface area contributed by atoms with Gasteiger partial charge in [0, 0.05) is 43.4 Å². The van der Waals surface area contributed by atoms with E-state index in [1.165, 1.54) is 11.3 Å². The zero-order valence-electron chi connectivity index (χ0n) is 12.1. The largest absolute Gasteiger partial charge is 0.346 e. The van der Waals surface area contributed by atoms with E-state index in [4.69, 9.17) is 5.73 Å². The van der Waals surface area contributed by atoms with Crippen LogP contribution in [0, 0.1) is 0 Å². The van der Waals surface area contributed by atoms with Crippen molar-refractivity contribution in [1.82, 2.24) is 20.3 Å². The maximum Gasteiger partial charge on any atom is 0.271 e. The lowest BCUT2D eigenvalue weighted by molar-refractivity contribution is 0.0928. The predicted molar refractivity (Wildman–Crippen MR) is 84.7 cm³/mol. The molecule has 2 aromatic rings. The van der Waals surface area contributed by atoms with Crippen molar-refractivity contribution in [3.63, 3.8) is 0 Å². The van der Waals surface area contributed by atoms with Gasteiger partial charge in [0.15, 0.2) is 0 Å². The first kappa shape index (κ1) is 14.9. The Morgan fingerprint density at radius 1 is 1.45 bits per heavy atom. The molecule has 0 bridgehead atoms. The topological polar surface area (TPSA) is 97.0 Å². The Morgan fingerprint density at radius 3 is 3.00 bits per heavy atom. The van der Waals surface area contributed by atoms with Crippen molar-refractivity contribution in [2.24, 2.45) is 5.73 Å². The van der Waals surface area contributed by atoms with Gasteiger partial charge in [-0.15, -0.1) is 11.3 Å². The first-order valence-electron chi connectivity index (χ1n) is 7.23. The zero-order valence-corrected chi connectivity index (χ0v) is 12.9. The average Bonchev–Trinajstić information content (AvgIpc) is 3.05. The quantitative estimate of drug-likeness (QED) is 0.865. The number of amides is 1. The highest BCUT2D eigenvalue weighted by Gasteiger charge is 2.24. The second-order valence-electron chi connectivity index (χ2n) is 5.14. The summed E-state index contributed by atoms with van der Waals surface area (Å²) >= 11 is 1.41. The fourth-order valence-corrected chi connectivity index (χ4v) is 3.15. The van der Waals surface area contributed by atoms with Gasteiger partial charge >= 0.3 is 0 Å². The van der Waals surface area contributed by atoms with Gasteiger partial charge in [-0.1, -0.05) is 0 Å². The molecule has 1 fully saturated rings. The van der Waals surface area contributed by atoms with Crippen LogP contribution >= 0.6 is 11.3 Å². The molecule has 3 rings (SSSR count). The van der Waals surface area contributed by atoms with Crippen LogP contribution in [0.25, 0.3) is 0 Å². The summed E-state index contributed by atoms with van der Waals surface area (Å²) in [6, 6.07) is 1.87. The van der Waals surface area contributed by atoms with Crippen molar-refractivity contribution < 1.29 is 4.79 Å². The summed E-state index contributed by atoms with van der Waals surface area (Å²) < 4.78 is 0. The first-order chi connectivity index (χ1) is 10.8. The normalized spacial score (nSPS) is 18.2. The van der Waals surface area contributed by atoms with E-state index in [9.17, 15) is 4.79 Å². The van der Waals surface area contributed by atoms with E-state index in [0.717, 1.165) is 24.4 Å². The summed E-state index contributed by atoms with van der Waals surface area (Å²) in [5, 5.41) is 5.56. The second-order valence-corrected chi connectivity index (χ2v) is 6.08. The van der Waals surface area contributed by atoms with Gasteiger partial charge in [-0.05, 0) is 18.9 Å². The number of nitrogens with two attached hydrogens (primary N) is 1. The fraction of sp³-hybridized carbons (Fsp3) is 0.429. The van der Waals surface area contributed by atoms with Crippen molar-refractivity contribution >= 4 is 23.2 Å². The number of hydrogen-bond donors (Lipinski definition) is 2. The van der Waals surface area contributed by atoms with Crippen LogP contribution in [0.5, 0.6) is 0 Å². The summed E-state index contributed by atoms with van der Waals surface area (Å²) in [4.78, 5) is 27.1. The van der Waals surface area contributed by atoms with Crippen molar-refractivity contribution in [2.45, 2.75) is 25.4 Å². The molecular formula is C14H18N6OS. The van der Waals surface area contributed by atoms with Crippen LogP contribution in [-0.4, -0.2) is 40.0 Å². The van der Waals surface area contributed by atoms with E-state index < -0.39 is 0 Å². The fourth-order valence-electron chi connectivity index (χ4n) is 2.50. The number of carbonyl (C=O) groups is 1. The molecule has 0 radical (unpaired) electrons. The molecule has 1 aliphatic rings. The SMILES string of the molecule is NCc1nc(C(=O)NC2CCCN(c3ncccn3)C2)cs1. The number of rotatable bonds is 4. The Bertz CT molecular complexity index is 631. The third-order valence-electron chi connectivity index (χ3n) is 3.55. The molecule has 1 unspecified atom stereocenters. The first-order valence-corrected chi connectivity index (χ1v) is 8.11. The van der Waals surface area contributed by atoms with Crippen LogP contribution < -0.4 is 16.0 Å². The van der Waals surface area contributed by atoms with Crippen LogP contribution in [0.4, 0.5) is 5.95 Å². The summed E-state index contributed by atoms with van der Waals surface area (Å²) in [5.74, 6) is 0.567. The van der Waals surface area contributed by atoms with Crippen LogP contribution in [0.15, 0.2) is 23.8 Å². The number of thiazole rings is 1. The molecule has 1 saturated heterocycles. The minimum absolute atomic E-state index is 0.0769. The highest BCUT2D eigenvalue weighted by atomic mass is 32.1. The summed E-state index contributed by atoms with van der Waals surface area (Å²) in [6.07, 6.45) is 5.40. The second kappa shape index (κ2) is 6.80. The average molecular weight is 318 g/mol. The molecule has 116 valence electrons. The maximum absolute atomic E-state index is 12.2. The molecule has 3 heterocycles. The van der Waals surface area contributed by atoms with Gasteiger partial charge in [0.25, 0.3) is 5.91 Å². The molecule has 2 aromatic heterocycles. The Balaban J connectivity index is 1.61. The Labute approximate surface area is 132 Å². The number of nitrogens with zero attached hydrogens (tertiary/aromatic N) is 4. The molecule has 1 aliphatic heterocycles. The molecule has 0 spiro atoms. The monoisotopic (exact) mass is 318 g/mol.